The third-order valence-electron chi connectivity index (χ3n) is 2.89. The highest BCUT2D eigenvalue weighted by Gasteiger charge is 2.17. The molecule has 0 fully saturated rings. The topological polar surface area (TPSA) is 37.3 Å². The molecule has 0 saturated heterocycles. The van der Waals surface area contributed by atoms with Crippen molar-refractivity contribution in [2.45, 2.75) is 33.6 Å². The molecule has 1 aromatic carbocycles. The first-order valence-corrected chi connectivity index (χ1v) is 5.91. The number of rotatable bonds is 5. The molecule has 0 aliphatic carbocycles. The van der Waals surface area contributed by atoms with E-state index in [4.69, 9.17) is 0 Å². The minimum atomic E-state index is -0.717. The zero-order chi connectivity index (χ0) is 12.8. The number of carboxylic acid groups (broad SMARTS) is 1. The first kappa shape index (κ1) is 13.5. The second-order valence-electron chi connectivity index (χ2n) is 4.68. The SMILES string of the molecule is CC(C)=CCC(Cc1ccccc1C)C(=O)O. The Balaban J connectivity index is 2.77. The van der Waals surface area contributed by atoms with Crippen LogP contribution in [0.15, 0.2) is 35.9 Å². The Kier molecular flexibility index (Phi) is 4.95. The van der Waals surface area contributed by atoms with Gasteiger partial charge in [-0.05, 0) is 44.7 Å². The predicted molar refractivity (Wildman–Crippen MR) is 70.1 cm³/mol. The van der Waals surface area contributed by atoms with Crippen molar-refractivity contribution < 1.29 is 9.90 Å². The Hall–Kier alpha value is -1.57. The molecule has 0 bridgehead atoms. The van der Waals surface area contributed by atoms with Gasteiger partial charge in [0.05, 0.1) is 5.92 Å². The molecule has 1 aromatic rings. The maximum Gasteiger partial charge on any atom is 0.307 e. The Morgan fingerprint density at radius 2 is 2.00 bits per heavy atom. The van der Waals surface area contributed by atoms with Gasteiger partial charge in [0.2, 0.25) is 0 Å². The highest BCUT2D eigenvalue weighted by molar-refractivity contribution is 5.70. The van der Waals surface area contributed by atoms with Gasteiger partial charge >= 0.3 is 5.97 Å². The van der Waals surface area contributed by atoms with Gasteiger partial charge in [-0.15, -0.1) is 0 Å². The number of hydrogen-bond acceptors (Lipinski definition) is 1. The summed E-state index contributed by atoms with van der Waals surface area (Å²) in [4.78, 5) is 11.2. The molecule has 1 unspecified atom stereocenters. The van der Waals surface area contributed by atoms with Crippen molar-refractivity contribution >= 4 is 5.97 Å². The summed E-state index contributed by atoms with van der Waals surface area (Å²) in [5.41, 5.74) is 3.46. The Morgan fingerprint density at radius 1 is 1.35 bits per heavy atom. The maximum atomic E-state index is 11.2. The third kappa shape index (κ3) is 4.43. The zero-order valence-electron chi connectivity index (χ0n) is 10.7. The number of carboxylic acids is 1. The van der Waals surface area contributed by atoms with Crippen LogP contribution in [-0.2, 0) is 11.2 Å². The molecular formula is C15H20O2. The Morgan fingerprint density at radius 3 is 2.53 bits per heavy atom. The lowest BCUT2D eigenvalue weighted by molar-refractivity contribution is -0.141. The van der Waals surface area contributed by atoms with Crippen LogP contribution in [0.25, 0.3) is 0 Å². The van der Waals surface area contributed by atoms with E-state index in [-0.39, 0.29) is 5.92 Å². The molecule has 0 radical (unpaired) electrons. The van der Waals surface area contributed by atoms with Gasteiger partial charge in [-0.1, -0.05) is 35.9 Å². The van der Waals surface area contributed by atoms with E-state index in [0.717, 1.165) is 11.1 Å². The molecule has 0 spiro atoms. The minimum Gasteiger partial charge on any atom is -0.481 e. The van der Waals surface area contributed by atoms with Crippen LogP contribution in [0.5, 0.6) is 0 Å². The molecule has 0 aliphatic heterocycles. The van der Waals surface area contributed by atoms with Crippen molar-refractivity contribution in [3.63, 3.8) is 0 Å². The molecular weight excluding hydrogens is 212 g/mol. The Bertz CT molecular complexity index is 415. The van der Waals surface area contributed by atoms with E-state index < -0.39 is 5.97 Å². The van der Waals surface area contributed by atoms with Crippen molar-refractivity contribution in [3.8, 4) is 0 Å². The third-order valence-corrected chi connectivity index (χ3v) is 2.89. The van der Waals surface area contributed by atoms with Gasteiger partial charge in [0.25, 0.3) is 0 Å². The van der Waals surface area contributed by atoms with E-state index in [1.807, 2.05) is 51.1 Å². The molecule has 0 aliphatic rings. The van der Waals surface area contributed by atoms with E-state index in [1.165, 1.54) is 5.57 Å². The predicted octanol–water partition coefficient (Wildman–Crippen LogP) is 3.59. The normalized spacial score (nSPS) is 11.9. The van der Waals surface area contributed by atoms with Crippen LogP contribution in [0.2, 0.25) is 0 Å². The van der Waals surface area contributed by atoms with Crippen LogP contribution < -0.4 is 0 Å². The van der Waals surface area contributed by atoms with Crippen molar-refractivity contribution in [2.24, 2.45) is 5.92 Å². The number of aliphatic carboxylic acids is 1. The highest BCUT2D eigenvalue weighted by Crippen LogP contribution is 2.17. The van der Waals surface area contributed by atoms with Crippen LogP contribution in [0, 0.1) is 12.8 Å². The first-order chi connectivity index (χ1) is 8.00. The zero-order valence-corrected chi connectivity index (χ0v) is 10.7. The van der Waals surface area contributed by atoms with Crippen LogP contribution >= 0.6 is 0 Å². The van der Waals surface area contributed by atoms with Crippen LogP contribution in [0.4, 0.5) is 0 Å². The number of benzene rings is 1. The standard InChI is InChI=1S/C15H20O2/c1-11(2)8-9-14(15(16)17)10-13-7-5-4-6-12(13)3/h4-8,14H,9-10H2,1-3H3,(H,16,17). The van der Waals surface area contributed by atoms with E-state index in [0.29, 0.717) is 12.8 Å². The summed E-state index contributed by atoms with van der Waals surface area (Å²) in [7, 11) is 0. The van der Waals surface area contributed by atoms with Crippen LogP contribution in [-0.4, -0.2) is 11.1 Å². The Labute approximate surface area is 103 Å². The highest BCUT2D eigenvalue weighted by atomic mass is 16.4. The number of hydrogen-bond donors (Lipinski definition) is 1. The van der Waals surface area contributed by atoms with Gasteiger partial charge in [0.1, 0.15) is 0 Å². The lowest BCUT2D eigenvalue weighted by atomic mass is 9.93. The molecule has 1 rings (SSSR count). The van der Waals surface area contributed by atoms with Crippen molar-refractivity contribution in [3.05, 3.63) is 47.0 Å². The minimum absolute atomic E-state index is 0.328. The molecule has 17 heavy (non-hydrogen) atoms. The van der Waals surface area contributed by atoms with E-state index in [1.54, 1.807) is 0 Å². The van der Waals surface area contributed by atoms with Gasteiger partial charge < -0.3 is 5.11 Å². The summed E-state index contributed by atoms with van der Waals surface area (Å²) in [6.07, 6.45) is 3.20. The van der Waals surface area contributed by atoms with Crippen LogP contribution in [0.3, 0.4) is 0 Å². The fraction of sp³-hybridized carbons (Fsp3) is 0.400. The molecule has 0 heterocycles. The lowest BCUT2D eigenvalue weighted by Gasteiger charge is -2.12. The molecule has 92 valence electrons. The van der Waals surface area contributed by atoms with Gasteiger partial charge in [0, 0.05) is 0 Å². The van der Waals surface area contributed by atoms with Gasteiger partial charge in [-0.25, -0.2) is 0 Å². The molecule has 2 heteroatoms. The maximum absolute atomic E-state index is 11.2. The smallest absolute Gasteiger partial charge is 0.307 e. The number of allylic oxidation sites excluding steroid dienone is 2. The fourth-order valence-corrected chi connectivity index (χ4v) is 1.75. The van der Waals surface area contributed by atoms with E-state index in [9.17, 15) is 9.90 Å². The second kappa shape index (κ2) is 6.24. The summed E-state index contributed by atoms with van der Waals surface area (Å²) in [6, 6.07) is 7.97. The first-order valence-electron chi connectivity index (χ1n) is 5.91. The number of aryl methyl sites for hydroxylation is 1. The average Bonchev–Trinajstić information content (AvgIpc) is 2.25. The summed E-state index contributed by atoms with van der Waals surface area (Å²) in [6.45, 7) is 6.01. The summed E-state index contributed by atoms with van der Waals surface area (Å²) >= 11 is 0. The number of carbonyl (C=O) groups is 1. The summed E-state index contributed by atoms with van der Waals surface area (Å²) in [5, 5.41) is 9.21. The van der Waals surface area contributed by atoms with Crippen molar-refractivity contribution in [1.82, 2.24) is 0 Å². The van der Waals surface area contributed by atoms with Crippen molar-refractivity contribution in [1.29, 1.82) is 0 Å². The molecule has 1 N–H and O–H groups in total. The molecule has 2 nitrogen and oxygen atoms in total. The quantitative estimate of drug-likeness (QED) is 0.788. The fourth-order valence-electron chi connectivity index (χ4n) is 1.75. The monoisotopic (exact) mass is 232 g/mol. The molecule has 0 amide bonds. The van der Waals surface area contributed by atoms with Gasteiger partial charge in [-0.2, -0.15) is 0 Å². The van der Waals surface area contributed by atoms with Crippen LogP contribution in [0.1, 0.15) is 31.4 Å². The summed E-state index contributed by atoms with van der Waals surface area (Å²) < 4.78 is 0. The molecule has 0 saturated carbocycles. The molecule has 1 atom stereocenters. The largest absolute Gasteiger partial charge is 0.481 e. The van der Waals surface area contributed by atoms with Gasteiger partial charge in [0.15, 0.2) is 0 Å². The average molecular weight is 232 g/mol. The molecule has 0 aromatic heterocycles. The lowest BCUT2D eigenvalue weighted by Crippen LogP contribution is -2.16. The summed E-state index contributed by atoms with van der Waals surface area (Å²) in [5.74, 6) is -1.04. The van der Waals surface area contributed by atoms with Gasteiger partial charge in [-0.3, -0.25) is 4.79 Å². The second-order valence-corrected chi connectivity index (χ2v) is 4.68. The van der Waals surface area contributed by atoms with Crippen molar-refractivity contribution in [2.75, 3.05) is 0 Å². The van der Waals surface area contributed by atoms with E-state index >= 15 is 0 Å². The van der Waals surface area contributed by atoms with E-state index in [2.05, 4.69) is 0 Å².